The summed E-state index contributed by atoms with van der Waals surface area (Å²) in [6.07, 6.45) is -5.28. The normalized spacial score (nSPS) is 14.9. The number of hydrogen-bond acceptors (Lipinski definition) is 12. The Morgan fingerprint density at radius 1 is 0.641 bits per heavy atom. The zero-order valence-corrected chi connectivity index (χ0v) is 45.6. The van der Waals surface area contributed by atoms with Crippen molar-refractivity contribution < 1.29 is 57.4 Å². The molecule has 24 heteroatoms. The van der Waals surface area contributed by atoms with Gasteiger partial charge in [0.25, 0.3) is 0 Å². The Kier molecular flexibility index (Phi) is 19.1. The fourth-order valence-electron chi connectivity index (χ4n) is 9.00. The van der Waals surface area contributed by atoms with Crippen LogP contribution in [-0.4, -0.2) is 141 Å². The summed E-state index contributed by atoms with van der Waals surface area (Å²) in [5.74, 6) is 12.1. The van der Waals surface area contributed by atoms with Crippen molar-refractivity contribution in [1.29, 1.82) is 0 Å². The first-order valence-corrected chi connectivity index (χ1v) is 27.8. The van der Waals surface area contributed by atoms with E-state index in [1.807, 2.05) is 12.1 Å². The van der Waals surface area contributed by atoms with Crippen molar-refractivity contribution in [3.05, 3.63) is 96.3 Å². The van der Waals surface area contributed by atoms with Crippen molar-refractivity contribution in [3.8, 4) is 35.2 Å². The van der Waals surface area contributed by atoms with Gasteiger partial charge in [0.1, 0.15) is 24.6 Å². The molecule has 0 aliphatic carbocycles. The van der Waals surface area contributed by atoms with Crippen molar-refractivity contribution in [1.82, 2.24) is 23.1 Å². The second-order valence-corrected chi connectivity index (χ2v) is 22.8. The Bertz CT molecular complexity index is 3420. The van der Waals surface area contributed by atoms with Gasteiger partial charge in [0.15, 0.2) is 0 Å². The first-order chi connectivity index (χ1) is 37.0. The highest BCUT2D eigenvalue weighted by Gasteiger charge is 2.32. The first kappa shape index (κ1) is 58.9. The smallest absolute Gasteiger partial charge is 0.406 e. The van der Waals surface area contributed by atoms with Crippen LogP contribution in [0.3, 0.4) is 0 Å². The average molecular weight is 1130 g/mol. The third-order valence-electron chi connectivity index (χ3n) is 13.1. The van der Waals surface area contributed by atoms with Gasteiger partial charge in [0, 0.05) is 73.7 Å². The summed E-state index contributed by atoms with van der Waals surface area (Å²) in [6, 6.07) is 23.2. The van der Waals surface area contributed by atoms with E-state index in [1.165, 1.54) is 68.8 Å². The molecule has 8 rings (SSSR count). The van der Waals surface area contributed by atoms with E-state index in [1.54, 1.807) is 48.5 Å². The van der Waals surface area contributed by atoms with Gasteiger partial charge in [-0.15, -0.1) is 0 Å². The number of fused-ring (bicyclic) bond motifs is 2. The van der Waals surface area contributed by atoms with Gasteiger partial charge < -0.3 is 49.5 Å². The molecule has 0 spiro atoms. The molecule has 4 aromatic carbocycles. The van der Waals surface area contributed by atoms with Crippen LogP contribution >= 0.6 is 0 Å². The topological polar surface area (TPSA) is 172 Å². The largest absolute Gasteiger partial charge is 0.495 e. The average Bonchev–Trinajstić information content (AvgIpc) is 4.11. The zero-order valence-electron chi connectivity index (χ0n) is 44.0. The third-order valence-corrected chi connectivity index (χ3v) is 16.3. The van der Waals surface area contributed by atoms with Gasteiger partial charge in [-0.3, -0.25) is 0 Å². The highest BCUT2D eigenvalue weighted by Crippen LogP contribution is 2.34. The number of methoxy groups -OCH3 is 2. The molecule has 0 bridgehead atoms. The zero-order chi connectivity index (χ0) is 56.4. The Balaban J connectivity index is 0.000000226. The summed E-state index contributed by atoms with van der Waals surface area (Å²) in [4.78, 5) is 2.37. The predicted octanol–water partition coefficient (Wildman–Crippen LogP) is 8.61. The van der Waals surface area contributed by atoms with Gasteiger partial charge >= 0.3 is 12.4 Å². The number of ether oxygens (including phenoxy) is 3. The highest BCUT2D eigenvalue weighted by molar-refractivity contribution is 7.89. The Labute approximate surface area is 450 Å². The number of sulfonamides is 2. The van der Waals surface area contributed by atoms with Crippen LogP contribution in [0.2, 0.25) is 0 Å². The van der Waals surface area contributed by atoms with Crippen LogP contribution in [0.4, 0.5) is 49.1 Å². The molecule has 4 heterocycles. The molecule has 420 valence electrons. The number of benzene rings is 4. The van der Waals surface area contributed by atoms with E-state index in [0.717, 1.165) is 54.5 Å². The number of nitrogens with one attached hydrogen (secondary N) is 5. The standard InChI is InChI=1S/C28H34F3N5O3S.C26H29F3N4O4S/c1-34(2)40(37,38)22-10-11-25(27(18-22)39-4)32-14-6-7-21-17-23-24(33-20-12-15-35(3)16-13-20)8-5-9-26(23)36(21)19-28(29,30)31;1-30-38(34,35)20-8-9-23(25(16-20)36-2)31-12-4-5-19-15-21-22(32-18-10-13-37-14-11-18)6-3-7-24(21)33(19)17-26(27,28)29/h5,8-11,17-18,20,32-33H,12-16,19H2,1-4H3;3,6-9,15-16,18,30-32H,10-14,17H2,1-2H3. The molecule has 6 aromatic rings. The third kappa shape index (κ3) is 15.1. The van der Waals surface area contributed by atoms with E-state index >= 15 is 0 Å². The van der Waals surface area contributed by atoms with Crippen molar-refractivity contribution in [2.75, 3.05) is 103 Å². The molecule has 16 nitrogen and oxygen atoms in total. The van der Waals surface area contributed by atoms with Crippen molar-refractivity contribution >= 4 is 64.6 Å². The van der Waals surface area contributed by atoms with Gasteiger partial charge in [-0.25, -0.2) is 25.9 Å². The van der Waals surface area contributed by atoms with Crippen LogP contribution < -0.4 is 35.5 Å². The van der Waals surface area contributed by atoms with Gasteiger partial charge in [0.2, 0.25) is 20.0 Å². The van der Waals surface area contributed by atoms with Crippen LogP contribution in [-0.2, 0) is 37.9 Å². The van der Waals surface area contributed by atoms with Crippen molar-refractivity contribution in [3.63, 3.8) is 0 Å². The monoisotopic (exact) mass is 1130 g/mol. The second kappa shape index (κ2) is 25.3. The number of nitrogens with zero attached hydrogens (tertiary/aromatic N) is 4. The van der Waals surface area contributed by atoms with Gasteiger partial charge in [-0.05, 0) is 125 Å². The lowest BCUT2D eigenvalue weighted by molar-refractivity contribution is -0.140. The van der Waals surface area contributed by atoms with E-state index in [4.69, 9.17) is 14.2 Å². The number of aromatic nitrogens is 2. The molecule has 5 N–H and O–H groups in total. The molecule has 0 amide bonds. The molecule has 2 saturated heterocycles. The molecule has 0 unspecified atom stereocenters. The van der Waals surface area contributed by atoms with Crippen molar-refractivity contribution in [2.45, 2.75) is 73.0 Å². The maximum absolute atomic E-state index is 13.5. The lowest BCUT2D eigenvalue weighted by atomic mass is 10.0. The molecule has 2 aliphatic rings. The summed E-state index contributed by atoms with van der Waals surface area (Å²) in [5.41, 5.74) is 3.97. The first-order valence-electron chi connectivity index (χ1n) is 24.8. The Morgan fingerprint density at radius 2 is 1.09 bits per heavy atom. The molecule has 0 radical (unpaired) electrons. The Morgan fingerprint density at radius 3 is 1.53 bits per heavy atom. The number of halogens is 6. The molecule has 2 fully saturated rings. The van der Waals surface area contributed by atoms with E-state index in [2.05, 4.69) is 61.6 Å². The van der Waals surface area contributed by atoms with Crippen LogP contribution in [0.1, 0.15) is 37.1 Å². The number of rotatable bonds is 16. The van der Waals surface area contributed by atoms with Gasteiger partial charge in [0.05, 0.1) is 70.9 Å². The number of piperidine rings is 1. The molecule has 78 heavy (non-hydrogen) atoms. The number of likely N-dealkylation sites (tertiary alicyclic amines) is 1. The van der Waals surface area contributed by atoms with E-state index in [9.17, 15) is 43.2 Å². The fourth-order valence-corrected chi connectivity index (χ4v) is 10.7. The highest BCUT2D eigenvalue weighted by atomic mass is 32.2. The van der Waals surface area contributed by atoms with Crippen molar-refractivity contribution in [2.24, 2.45) is 0 Å². The van der Waals surface area contributed by atoms with Gasteiger partial charge in [-0.2, -0.15) is 26.3 Å². The second-order valence-electron chi connectivity index (χ2n) is 18.7. The molecular formula is C54H63F6N9O7S2. The van der Waals surface area contributed by atoms with Gasteiger partial charge in [-0.1, -0.05) is 24.0 Å². The molecule has 2 aromatic heterocycles. The summed E-state index contributed by atoms with van der Waals surface area (Å²) >= 11 is 0. The fraction of sp³-hybridized carbons (Fsp3) is 0.407. The molecular weight excluding hydrogens is 1060 g/mol. The van der Waals surface area contributed by atoms with E-state index in [0.29, 0.717) is 52.1 Å². The molecule has 2 aliphatic heterocycles. The van der Waals surface area contributed by atoms with Crippen LogP contribution in [0.15, 0.2) is 94.7 Å². The molecule has 0 atom stereocenters. The summed E-state index contributed by atoms with van der Waals surface area (Å²) in [6.45, 7) is 1.10. The summed E-state index contributed by atoms with van der Waals surface area (Å²) < 4.78 is 152. The summed E-state index contributed by atoms with van der Waals surface area (Å²) in [5, 5.41) is 14.4. The Hall–Kier alpha value is -6.80. The van der Waals surface area contributed by atoms with Crippen LogP contribution in [0.25, 0.3) is 21.8 Å². The number of anilines is 4. The van der Waals surface area contributed by atoms with E-state index < -0.39 is 45.5 Å². The van der Waals surface area contributed by atoms with Crippen LogP contribution in [0, 0.1) is 23.7 Å². The quantitative estimate of drug-likeness (QED) is 0.0463. The number of alkyl halides is 6. The minimum Gasteiger partial charge on any atom is -0.495 e. The molecule has 0 saturated carbocycles. The maximum Gasteiger partial charge on any atom is 0.406 e. The van der Waals surface area contributed by atoms with Crippen LogP contribution in [0.5, 0.6) is 11.5 Å². The minimum absolute atomic E-state index is 0.0373. The van der Waals surface area contributed by atoms with E-state index in [-0.39, 0.29) is 52.1 Å². The lowest BCUT2D eigenvalue weighted by Gasteiger charge is -2.30. The predicted molar refractivity (Wildman–Crippen MR) is 291 cm³/mol. The summed E-state index contributed by atoms with van der Waals surface area (Å²) in [7, 11) is 1.81. The minimum atomic E-state index is -4.42. The lowest BCUT2D eigenvalue weighted by Crippen LogP contribution is -2.36. The SMILES string of the molecule is CNS(=O)(=O)c1ccc(NCC#Cc2cc3c(NC4CCOCC4)cccc3n2CC(F)(F)F)c(OC)c1.COc1cc(S(=O)(=O)N(C)C)ccc1NCC#Cc1cc2c(NC3CCN(C)CC3)cccc2n1CC(F)(F)F. The maximum atomic E-state index is 13.5. The number of hydrogen-bond donors (Lipinski definition) is 5.